The molecule has 10 heteroatoms. The van der Waals surface area contributed by atoms with Crippen molar-refractivity contribution in [2.24, 2.45) is 7.05 Å². The fraction of sp³-hybridized carbons (Fsp3) is 0.250. The highest BCUT2D eigenvalue weighted by molar-refractivity contribution is 7.16. The molecular weight excluding hydrogens is 426 g/mol. The molecule has 4 N–H and O–H groups in total. The maximum absolute atomic E-state index is 12.5. The van der Waals surface area contributed by atoms with E-state index in [1.165, 1.54) is 29.0 Å². The third-order valence-electron chi connectivity index (χ3n) is 4.66. The quantitative estimate of drug-likeness (QED) is 0.458. The zero-order valence-corrected chi connectivity index (χ0v) is 18.2. The highest BCUT2D eigenvalue weighted by Crippen LogP contribution is 2.35. The maximum Gasteiger partial charge on any atom is 0.320 e. The lowest BCUT2D eigenvalue weighted by molar-refractivity contribution is -0.137. The first-order valence-electron chi connectivity index (χ1n) is 8.99. The van der Waals surface area contributed by atoms with Gasteiger partial charge in [-0.2, -0.15) is 11.3 Å². The molecule has 0 aliphatic carbocycles. The molecule has 0 bridgehead atoms. The van der Waals surface area contributed by atoms with Crippen LogP contribution in [0.15, 0.2) is 33.8 Å². The van der Waals surface area contributed by atoms with E-state index in [0.29, 0.717) is 10.6 Å². The number of nitrogens with one attached hydrogen (secondary N) is 2. The first kappa shape index (κ1) is 21.6. The summed E-state index contributed by atoms with van der Waals surface area (Å²) in [7, 11) is 1.52. The zero-order chi connectivity index (χ0) is 22.0. The lowest BCUT2D eigenvalue weighted by Crippen LogP contribution is -2.35. The van der Waals surface area contributed by atoms with E-state index in [1.54, 1.807) is 24.3 Å². The van der Waals surface area contributed by atoms with Crippen LogP contribution in [0.3, 0.4) is 0 Å². The minimum absolute atomic E-state index is 0.268. The summed E-state index contributed by atoms with van der Waals surface area (Å²) < 4.78 is 1.29. The number of pyridine rings is 1. The van der Waals surface area contributed by atoms with Gasteiger partial charge in [-0.3, -0.25) is 9.59 Å². The van der Waals surface area contributed by atoms with Crippen molar-refractivity contribution in [2.75, 3.05) is 5.32 Å². The number of aliphatic carboxylic acids is 1. The largest absolute Gasteiger partial charge is 0.505 e. The number of aryl methyl sites for hydroxylation is 2. The first-order valence-corrected chi connectivity index (χ1v) is 10.7. The molecule has 2 amide bonds. The SMILES string of the molecule is Cc1cscc1-c1ccc([C@H](CC(=O)O)NC(=O)Nc2c(O)cc(C)n(C)c2=O)s1. The molecule has 30 heavy (non-hydrogen) atoms. The predicted octanol–water partition coefficient (Wildman–Crippen LogP) is 3.84. The minimum atomic E-state index is -1.07. The number of amides is 2. The van der Waals surface area contributed by atoms with E-state index in [-0.39, 0.29) is 17.9 Å². The average molecular weight is 448 g/mol. The van der Waals surface area contributed by atoms with Crippen LogP contribution in [0.4, 0.5) is 10.5 Å². The Hall–Kier alpha value is -3.11. The van der Waals surface area contributed by atoms with Gasteiger partial charge in [0.25, 0.3) is 5.56 Å². The number of urea groups is 1. The van der Waals surface area contributed by atoms with E-state index in [4.69, 9.17) is 0 Å². The lowest BCUT2D eigenvalue weighted by atomic mass is 10.1. The van der Waals surface area contributed by atoms with Crippen molar-refractivity contribution in [2.45, 2.75) is 26.3 Å². The molecule has 3 aromatic heterocycles. The number of aromatic nitrogens is 1. The number of carbonyl (C=O) groups is 2. The van der Waals surface area contributed by atoms with Crippen LogP contribution < -0.4 is 16.2 Å². The van der Waals surface area contributed by atoms with Crippen LogP contribution in [0.2, 0.25) is 0 Å². The topological polar surface area (TPSA) is 121 Å². The van der Waals surface area contributed by atoms with Gasteiger partial charge >= 0.3 is 12.0 Å². The van der Waals surface area contributed by atoms with Crippen LogP contribution in [-0.2, 0) is 11.8 Å². The maximum atomic E-state index is 12.5. The van der Waals surface area contributed by atoms with E-state index >= 15 is 0 Å². The van der Waals surface area contributed by atoms with E-state index in [9.17, 15) is 24.6 Å². The van der Waals surface area contributed by atoms with Crippen molar-refractivity contribution in [1.29, 1.82) is 0 Å². The molecule has 8 nitrogen and oxygen atoms in total. The summed E-state index contributed by atoms with van der Waals surface area (Å²) in [5.74, 6) is -1.43. The number of thiophene rings is 2. The Morgan fingerprint density at radius 1 is 1.23 bits per heavy atom. The number of rotatable bonds is 6. The van der Waals surface area contributed by atoms with Gasteiger partial charge in [0.15, 0.2) is 5.69 Å². The molecule has 3 aromatic rings. The summed E-state index contributed by atoms with van der Waals surface area (Å²) in [6.45, 7) is 3.65. The Labute approximate surface area is 180 Å². The Balaban J connectivity index is 1.83. The summed E-state index contributed by atoms with van der Waals surface area (Å²) in [5, 5.41) is 28.3. The van der Waals surface area contributed by atoms with Crippen molar-refractivity contribution in [1.82, 2.24) is 9.88 Å². The van der Waals surface area contributed by atoms with Crippen LogP contribution in [0, 0.1) is 13.8 Å². The van der Waals surface area contributed by atoms with Crippen LogP contribution in [-0.4, -0.2) is 26.8 Å². The molecule has 0 fully saturated rings. The van der Waals surface area contributed by atoms with Crippen molar-refractivity contribution in [3.8, 4) is 16.2 Å². The summed E-state index contributed by atoms with van der Waals surface area (Å²) in [6.07, 6.45) is -0.326. The van der Waals surface area contributed by atoms with Gasteiger partial charge < -0.3 is 25.4 Å². The highest BCUT2D eigenvalue weighted by Gasteiger charge is 2.22. The molecule has 0 aliphatic rings. The number of nitrogens with zero attached hydrogens (tertiary/aromatic N) is 1. The minimum Gasteiger partial charge on any atom is -0.505 e. The second-order valence-corrected chi connectivity index (χ2v) is 8.69. The smallest absolute Gasteiger partial charge is 0.320 e. The van der Waals surface area contributed by atoms with Crippen LogP contribution >= 0.6 is 22.7 Å². The average Bonchev–Trinajstić information content (AvgIpc) is 3.31. The summed E-state index contributed by atoms with van der Waals surface area (Å²) in [6, 6.07) is 3.47. The van der Waals surface area contributed by atoms with Gasteiger partial charge in [-0.05, 0) is 42.3 Å². The third kappa shape index (κ3) is 4.55. The number of carbonyl (C=O) groups excluding carboxylic acids is 1. The van der Waals surface area contributed by atoms with Crippen molar-refractivity contribution in [3.63, 3.8) is 0 Å². The van der Waals surface area contributed by atoms with Gasteiger partial charge in [0.2, 0.25) is 0 Å². The van der Waals surface area contributed by atoms with E-state index < -0.39 is 23.6 Å². The molecule has 0 unspecified atom stereocenters. The van der Waals surface area contributed by atoms with Crippen LogP contribution in [0.25, 0.3) is 10.4 Å². The molecule has 0 aromatic carbocycles. The number of carboxylic acids is 1. The van der Waals surface area contributed by atoms with Crippen LogP contribution in [0.5, 0.6) is 5.75 Å². The first-order chi connectivity index (χ1) is 14.2. The van der Waals surface area contributed by atoms with Gasteiger partial charge in [0.1, 0.15) is 5.75 Å². The van der Waals surface area contributed by atoms with Crippen LogP contribution in [0.1, 0.15) is 28.6 Å². The Bertz CT molecular complexity index is 1160. The van der Waals surface area contributed by atoms with Crippen molar-refractivity contribution >= 4 is 40.4 Å². The number of anilines is 1. The second kappa shape index (κ2) is 8.72. The van der Waals surface area contributed by atoms with Crippen molar-refractivity contribution in [3.05, 3.63) is 55.4 Å². The Morgan fingerprint density at radius 3 is 2.60 bits per heavy atom. The Morgan fingerprint density at radius 2 is 1.97 bits per heavy atom. The lowest BCUT2D eigenvalue weighted by Gasteiger charge is -2.17. The normalized spacial score (nSPS) is 11.8. The molecule has 3 heterocycles. The number of hydrogen-bond acceptors (Lipinski definition) is 6. The molecular formula is C20H21N3O5S2. The van der Waals surface area contributed by atoms with E-state index in [1.807, 2.05) is 23.8 Å². The second-order valence-electron chi connectivity index (χ2n) is 6.83. The molecule has 158 valence electrons. The van der Waals surface area contributed by atoms with Crippen molar-refractivity contribution < 1.29 is 19.8 Å². The number of carboxylic acid groups (broad SMARTS) is 1. The molecule has 0 radical (unpaired) electrons. The fourth-order valence-electron chi connectivity index (χ4n) is 2.92. The Kier molecular flexibility index (Phi) is 6.28. The van der Waals surface area contributed by atoms with E-state index in [2.05, 4.69) is 10.6 Å². The summed E-state index contributed by atoms with van der Waals surface area (Å²) in [5.41, 5.74) is 1.89. The molecule has 0 saturated heterocycles. The summed E-state index contributed by atoms with van der Waals surface area (Å²) >= 11 is 2.98. The number of hydrogen-bond donors (Lipinski definition) is 4. The van der Waals surface area contributed by atoms with Gasteiger partial charge in [0, 0.05) is 34.1 Å². The molecule has 3 rings (SSSR count). The zero-order valence-electron chi connectivity index (χ0n) is 16.6. The van der Waals surface area contributed by atoms with Gasteiger partial charge in [-0.25, -0.2) is 4.79 Å². The standard InChI is InChI=1S/C20H21N3O5S2/c1-10-8-29-9-12(10)15-4-5-16(30-15)13(7-17(25)26)21-20(28)22-18-14(24)6-11(2)23(3)19(18)27/h4-6,8-9,13,24H,7H2,1-3H3,(H,25,26)(H2,21,22,28)/t13-/m0/s1. The third-order valence-corrected chi connectivity index (χ3v) is 6.76. The molecule has 1 atom stereocenters. The number of aromatic hydroxyl groups is 1. The molecule has 0 spiro atoms. The van der Waals surface area contributed by atoms with E-state index in [0.717, 1.165) is 16.0 Å². The predicted molar refractivity (Wildman–Crippen MR) is 118 cm³/mol. The van der Waals surface area contributed by atoms with Gasteiger partial charge in [0.05, 0.1) is 12.5 Å². The fourth-order valence-corrected chi connectivity index (χ4v) is 4.99. The molecule has 0 saturated carbocycles. The highest BCUT2D eigenvalue weighted by atomic mass is 32.1. The van der Waals surface area contributed by atoms with Gasteiger partial charge in [-0.1, -0.05) is 0 Å². The summed E-state index contributed by atoms with van der Waals surface area (Å²) in [4.78, 5) is 37.8. The molecule has 0 aliphatic heterocycles. The monoisotopic (exact) mass is 447 g/mol. The van der Waals surface area contributed by atoms with Gasteiger partial charge in [-0.15, -0.1) is 11.3 Å².